The molecule has 1 aliphatic heterocycles. The lowest BCUT2D eigenvalue weighted by Crippen LogP contribution is -2.46. The van der Waals surface area contributed by atoms with Crippen LogP contribution >= 0.6 is 11.3 Å². The molecule has 7 heteroatoms. The molecule has 4 rings (SSSR count). The molecule has 0 N–H and O–H groups in total. The van der Waals surface area contributed by atoms with Gasteiger partial charge in [0.15, 0.2) is 0 Å². The predicted molar refractivity (Wildman–Crippen MR) is 119 cm³/mol. The van der Waals surface area contributed by atoms with Gasteiger partial charge in [-0.2, -0.15) is 0 Å². The van der Waals surface area contributed by atoms with Gasteiger partial charge in [-0.1, -0.05) is 30.3 Å². The van der Waals surface area contributed by atoms with Crippen molar-refractivity contribution in [1.29, 1.82) is 0 Å². The molecule has 0 aliphatic carbocycles. The minimum absolute atomic E-state index is 0.128. The molecule has 1 unspecified atom stereocenters. The van der Waals surface area contributed by atoms with Crippen LogP contribution in [-0.2, 0) is 4.79 Å². The quantitative estimate of drug-likeness (QED) is 0.451. The van der Waals surface area contributed by atoms with Gasteiger partial charge in [-0.15, -0.1) is 11.3 Å². The Kier molecular flexibility index (Phi) is 5.83. The number of likely N-dealkylation sites (N-methyl/N-ethyl adjacent to an activating group) is 1. The third-order valence-electron chi connectivity index (χ3n) is 5.12. The van der Waals surface area contributed by atoms with Gasteiger partial charge in [0.2, 0.25) is 5.91 Å². The number of nitrogens with zero attached hydrogens (tertiary/aromatic N) is 4. The molecule has 6 nitrogen and oxygen atoms in total. The fraction of sp³-hybridized carbons (Fsp3) is 0.217. The number of aromatic nitrogens is 1. The van der Waals surface area contributed by atoms with Crippen LogP contribution in [0.4, 0.5) is 5.82 Å². The Morgan fingerprint density at radius 2 is 1.93 bits per heavy atom. The molecule has 0 radical (unpaired) electrons. The topological polar surface area (TPSA) is 65.9 Å². The van der Waals surface area contributed by atoms with Crippen LogP contribution in [0, 0.1) is 0 Å². The highest BCUT2D eigenvalue weighted by atomic mass is 32.1. The summed E-state index contributed by atoms with van der Waals surface area (Å²) < 4.78 is 0. The van der Waals surface area contributed by atoms with E-state index >= 15 is 0 Å². The van der Waals surface area contributed by atoms with Crippen LogP contribution in [0.5, 0.6) is 0 Å². The number of rotatable bonds is 6. The molecule has 30 heavy (non-hydrogen) atoms. The van der Waals surface area contributed by atoms with E-state index in [1.165, 1.54) is 4.88 Å². The Balaban J connectivity index is 1.66. The van der Waals surface area contributed by atoms with Gasteiger partial charge in [0.25, 0.3) is 5.91 Å². The Bertz CT molecular complexity index is 1060. The van der Waals surface area contributed by atoms with Crippen LogP contribution in [0.25, 0.3) is 0 Å². The van der Waals surface area contributed by atoms with Gasteiger partial charge in [-0.25, -0.2) is 9.88 Å². The lowest BCUT2D eigenvalue weighted by atomic mass is 9.89. The van der Waals surface area contributed by atoms with Gasteiger partial charge < -0.3 is 4.90 Å². The van der Waals surface area contributed by atoms with Crippen molar-refractivity contribution in [3.63, 3.8) is 0 Å². The van der Waals surface area contributed by atoms with Gasteiger partial charge in [0.1, 0.15) is 5.82 Å². The summed E-state index contributed by atoms with van der Waals surface area (Å²) in [6.07, 6.45) is 3.25. The molecule has 3 aromatic rings. The van der Waals surface area contributed by atoms with Crippen molar-refractivity contribution in [3.05, 3.63) is 82.2 Å². The number of carbonyl (C=O) groups excluding carboxylic acids is 2. The normalized spacial score (nSPS) is 17.6. The van der Waals surface area contributed by atoms with E-state index in [1.807, 2.05) is 37.7 Å². The fourth-order valence-electron chi connectivity index (χ4n) is 3.56. The number of anilines is 1. The van der Waals surface area contributed by atoms with Crippen LogP contribution in [0.3, 0.4) is 0 Å². The second-order valence-corrected chi connectivity index (χ2v) is 8.22. The van der Waals surface area contributed by atoms with Gasteiger partial charge in [-0.3, -0.25) is 14.6 Å². The molecule has 152 valence electrons. The fourth-order valence-corrected chi connectivity index (χ4v) is 4.47. The van der Waals surface area contributed by atoms with E-state index < -0.39 is 5.92 Å². The summed E-state index contributed by atoms with van der Waals surface area (Å²) in [5.74, 6) is -1.00. The molecule has 2 aromatic heterocycles. The molecule has 1 aromatic carbocycles. The van der Waals surface area contributed by atoms with Crippen molar-refractivity contribution in [2.45, 2.75) is 12.0 Å². The minimum atomic E-state index is -0.632. The predicted octanol–water partition coefficient (Wildman–Crippen LogP) is 3.79. The van der Waals surface area contributed by atoms with Crippen LogP contribution in [-0.4, -0.2) is 48.6 Å². The molecule has 2 atom stereocenters. The third-order valence-corrected chi connectivity index (χ3v) is 6.10. The Morgan fingerprint density at radius 3 is 2.63 bits per heavy atom. The zero-order valence-electron chi connectivity index (χ0n) is 16.8. The first-order valence-corrected chi connectivity index (χ1v) is 10.5. The zero-order chi connectivity index (χ0) is 21.1. The highest BCUT2D eigenvalue weighted by Gasteiger charge is 2.39. The first-order chi connectivity index (χ1) is 14.6. The minimum Gasteiger partial charge on any atom is -0.300 e. The number of benzene rings is 1. The number of pyridine rings is 1. The molecule has 0 bridgehead atoms. The number of carbonyl (C=O) groups is 2. The number of hydrogen-bond acceptors (Lipinski definition) is 6. The number of thiophene rings is 1. The van der Waals surface area contributed by atoms with E-state index in [2.05, 4.69) is 20.9 Å². The molecule has 1 aliphatic rings. The number of hydrogen-bond donors (Lipinski definition) is 0. The first-order valence-electron chi connectivity index (χ1n) is 9.66. The first kappa shape index (κ1) is 20.1. The molecule has 0 saturated heterocycles. The highest BCUT2D eigenvalue weighted by Crippen LogP contribution is 2.31. The highest BCUT2D eigenvalue weighted by molar-refractivity contribution is 7.10. The van der Waals surface area contributed by atoms with Crippen molar-refractivity contribution in [2.24, 2.45) is 4.99 Å². The van der Waals surface area contributed by atoms with Gasteiger partial charge in [0, 0.05) is 22.9 Å². The van der Waals surface area contributed by atoms with E-state index in [9.17, 15) is 9.59 Å². The second-order valence-electron chi connectivity index (χ2n) is 7.24. The summed E-state index contributed by atoms with van der Waals surface area (Å²) in [5.41, 5.74) is 1.18. The summed E-state index contributed by atoms with van der Waals surface area (Å²) in [6, 6.07) is 16.6. The van der Waals surface area contributed by atoms with Gasteiger partial charge in [0.05, 0.1) is 18.5 Å². The zero-order valence-corrected chi connectivity index (χ0v) is 17.6. The Hall–Kier alpha value is -3.16. The number of fused-ring (bicyclic) bond motifs is 1. The van der Waals surface area contributed by atoms with Gasteiger partial charge >= 0.3 is 0 Å². The molecule has 0 spiro atoms. The van der Waals surface area contributed by atoms with E-state index in [4.69, 9.17) is 0 Å². The van der Waals surface area contributed by atoms with E-state index in [0.29, 0.717) is 23.5 Å². The maximum atomic E-state index is 13.3. The average Bonchev–Trinajstić information content (AvgIpc) is 3.28. The summed E-state index contributed by atoms with van der Waals surface area (Å²) in [6.45, 7) is 0.525. The SMILES string of the molecule is CN(C)[C@H](CN=CC1C(=O)N(c2ccccn2)C(=O)c2ccccc21)c1cccs1. The molecular weight excluding hydrogens is 396 g/mol. The van der Waals surface area contributed by atoms with Gasteiger partial charge in [-0.05, 0) is 49.3 Å². The van der Waals surface area contributed by atoms with Crippen molar-refractivity contribution in [1.82, 2.24) is 9.88 Å². The van der Waals surface area contributed by atoms with E-state index in [-0.39, 0.29) is 17.9 Å². The lowest BCUT2D eigenvalue weighted by molar-refractivity contribution is -0.118. The van der Waals surface area contributed by atoms with Crippen LogP contribution in [0.2, 0.25) is 0 Å². The van der Waals surface area contributed by atoms with E-state index in [1.54, 1.807) is 54.1 Å². The molecule has 3 heterocycles. The van der Waals surface area contributed by atoms with Crippen molar-refractivity contribution < 1.29 is 9.59 Å². The number of amides is 2. The maximum absolute atomic E-state index is 13.3. The van der Waals surface area contributed by atoms with Crippen LogP contribution in [0.15, 0.2) is 71.2 Å². The van der Waals surface area contributed by atoms with E-state index in [0.717, 1.165) is 4.90 Å². The van der Waals surface area contributed by atoms with Crippen molar-refractivity contribution >= 4 is 35.2 Å². The smallest absolute Gasteiger partial charge is 0.266 e. The Morgan fingerprint density at radius 1 is 1.13 bits per heavy atom. The molecular formula is C23H22N4O2S. The van der Waals surface area contributed by atoms with Crippen molar-refractivity contribution in [2.75, 3.05) is 25.5 Å². The summed E-state index contributed by atoms with van der Waals surface area (Å²) >= 11 is 1.69. The average molecular weight is 419 g/mol. The van der Waals surface area contributed by atoms with Crippen molar-refractivity contribution in [3.8, 4) is 0 Å². The largest absolute Gasteiger partial charge is 0.300 e. The van der Waals surface area contributed by atoms with Crippen LogP contribution in [0.1, 0.15) is 32.8 Å². The molecule has 0 saturated carbocycles. The lowest BCUT2D eigenvalue weighted by Gasteiger charge is -2.30. The molecule has 2 amide bonds. The van der Waals surface area contributed by atoms with Crippen LogP contribution < -0.4 is 4.90 Å². The maximum Gasteiger partial charge on any atom is 0.266 e. The molecule has 0 fully saturated rings. The standard InChI is InChI=1S/C23H22N4O2S/c1-26(2)19(20-10-7-13-30-20)15-24-14-18-16-8-3-4-9-17(16)22(28)27(23(18)29)21-11-5-6-12-25-21/h3-14,18-19H,15H2,1-2H3/t18?,19-/m1/s1. The Labute approximate surface area is 179 Å². The monoisotopic (exact) mass is 418 g/mol. The number of imide groups is 1. The summed E-state index contributed by atoms with van der Waals surface area (Å²) in [4.78, 5) is 39.7. The second kappa shape index (κ2) is 8.69. The summed E-state index contributed by atoms with van der Waals surface area (Å²) in [7, 11) is 4.03. The third kappa shape index (κ3) is 3.81. The number of aliphatic imine (C=N–C) groups is 1. The summed E-state index contributed by atoms with van der Waals surface area (Å²) in [5, 5.41) is 2.05.